The molecule has 96 valence electrons. The molecular formula is C11H13Cl2N5. The van der Waals surface area contributed by atoms with Crippen LogP contribution < -0.4 is 11.1 Å². The van der Waals surface area contributed by atoms with E-state index < -0.39 is 0 Å². The fraction of sp³-hybridized carbons (Fsp3) is 0.273. The molecular weight excluding hydrogens is 273 g/mol. The predicted octanol–water partition coefficient (Wildman–Crippen LogP) is 2.98. The van der Waals surface area contributed by atoms with Gasteiger partial charge in [0.05, 0.1) is 10.7 Å². The minimum atomic E-state index is 0.223. The van der Waals surface area contributed by atoms with Gasteiger partial charge in [0.25, 0.3) is 0 Å². The molecule has 1 aromatic heterocycles. The largest absolute Gasteiger partial charge is 0.368 e. The summed E-state index contributed by atoms with van der Waals surface area (Å²) in [6, 6.07) is 5.32. The maximum Gasteiger partial charge on any atom is 0.244 e. The molecule has 0 aliphatic heterocycles. The Hall–Kier alpha value is -1.46. The van der Waals surface area contributed by atoms with E-state index in [2.05, 4.69) is 15.4 Å². The SMILES string of the molecule is CC(C)Nc1nc(N)n(-c2ccc(Cl)cc2Cl)n1. The van der Waals surface area contributed by atoms with Crippen LogP contribution in [0.3, 0.4) is 0 Å². The van der Waals surface area contributed by atoms with E-state index in [1.807, 2.05) is 13.8 Å². The first-order chi connectivity index (χ1) is 8.47. The highest BCUT2D eigenvalue weighted by Gasteiger charge is 2.12. The van der Waals surface area contributed by atoms with Gasteiger partial charge in [-0.3, -0.25) is 0 Å². The molecule has 1 heterocycles. The van der Waals surface area contributed by atoms with E-state index in [-0.39, 0.29) is 12.0 Å². The molecule has 0 amide bonds. The van der Waals surface area contributed by atoms with Crippen LogP contribution in [0.15, 0.2) is 18.2 Å². The normalized spacial score (nSPS) is 10.9. The van der Waals surface area contributed by atoms with Crippen molar-refractivity contribution >= 4 is 35.1 Å². The first-order valence-corrected chi connectivity index (χ1v) is 6.17. The van der Waals surface area contributed by atoms with Crippen molar-refractivity contribution in [3.8, 4) is 5.69 Å². The zero-order valence-electron chi connectivity index (χ0n) is 9.98. The van der Waals surface area contributed by atoms with E-state index in [0.29, 0.717) is 21.7 Å². The maximum atomic E-state index is 6.10. The van der Waals surface area contributed by atoms with Gasteiger partial charge in [-0.1, -0.05) is 23.2 Å². The third kappa shape index (κ3) is 2.68. The molecule has 0 unspecified atom stereocenters. The second-order valence-electron chi connectivity index (χ2n) is 4.10. The van der Waals surface area contributed by atoms with Crippen LogP contribution in [-0.4, -0.2) is 20.8 Å². The Morgan fingerprint density at radius 3 is 2.67 bits per heavy atom. The number of rotatable bonds is 3. The third-order valence-corrected chi connectivity index (χ3v) is 2.73. The van der Waals surface area contributed by atoms with E-state index in [9.17, 15) is 0 Å². The van der Waals surface area contributed by atoms with Crippen LogP contribution in [0.4, 0.5) is 11.9 Å². The summed E-state index contributed by atoms with van der Waals surface area (Å²) >= 11 is 11.9. The van der Waals surface area contributed by atoms with Gasteiger partial charge < -0.3 is 11.1 Å². The van der Waals surface area contributed by atoms with Crippen LogP contribution in [-0.2, 0) is 0 Å². The second-order valence-corrected chi connectivity index (χ2v) is 4.94. The molecule has 0 bridgehead atoms. The third-order valence-electron chi connectivity index (χ3n) is 2.19. The van der Waals surface area contributed by atoms with Crippen molar-refractivity contribution in [3.63, 3.8) is 0 Å². The van der Waals surface area contributed by atoms with E-state index >= 15 is 0 Å². The molecule has 0 spiro atoms. The van der Waals surface area contributed by atoms with Gasteiger partial charge in [0.2, 0.25) is 11.9 Å². The molecule has 0 atom stereocenters. The lowest BCUT2D eigenvalue weighted by Crippen LogP contribution is -2.11. The summed E-state index contributed by atoms with van der Waals surface area (Å²) in [5.41, 5.74) is 6.46. The van der Waals surface area contributed by atoms with Gasteiger partial charge in [-0.05, 0) is 32.0 Å². The number of hydrogen-bond acceptors (Lipinski definition) is 4. The Kier molecular flexibility index (Phi) is 3.63. The average Bonchev–Trinajstić information content (AvgIpc) is 2.58. The fourth-order valence-corrected chi connectivity index (χ4v) is 1.96. The van der Waals surface area contributed by atoms with Gasteiger partial charge in [0.15, 0.2) is 0 Å². The molecule has 0 fully saturated rings. The number of halogens is 2. The number of nitrogens with one attached hydrogen (secondary N) is 1. The van der Waals surface area contributed by atoms with Crippen LogP contribution in [0, 0.1) is 0 Å². The topological polar surface area (TPSA) is 68.8 Å². The maximum absolute atomic E-state index is 6.10. The number of nitrogen functional groups attached to an aromatic ring is 1. The summed E-state index contributed by atoms with van der Waals surface area (Å²) in [4.78, 5) is 4.12. The molecule has 1 aromatic carbocycles. The van der Waals surface area contributed by atoms with Crippen LogP contribution in [0.5, 0.6) is 0 Å². The number of nitrogens with zero attached hydrogens (tertiary/aromatic N) is 3. The lowest BCUT2D eigenvalue weighted by atomic mass is 10.3. The highest BCUT2D eigenvalue weighted by molar-refractivity contribution is 6.35. The second kappa shape index (κ2) is 5.04. The monoisotopic (exact) mass is 285 g/mol. The molecule has 3 N–H and O–H groups in total. The zero-order valence-corrected chi connectivity index (χ0v) is 11.5. The Morgan fingerprint density at radius 1 is 1.33 bits per heavy atom. The summed E-state index contributed by atoms with van der Waals surface area (Å²) in [5.74, 6) is 0.732. The highest BCUT2D eigenvalue weighted by atomic mass is 35.5. The van der Waals surface area contributed by atoms with Gasteiger partial charge in [0, 0.05) is 11.1 Å². The first-order valence-electron chi connectivity index (χ1n) is 5.42. The van der Waals surface area contributed by atoms with Crippen LogP contribution in [0.1, 0.15) is 13.8 Å². The summed E-state index contributed by atoms with van der Waals surface area (Å²) in [7, 11) is 0. The van der Waals surface area contributed by atoms with E-state index in [1.165, 1.54) is 4.68 Å². The van der Waals surface area contributed by atoms with E-state index in [0.717, 1.165) is 0 Å². The molecule has 0 saturated heterocycles. The van der Waals surface area contributed by atoms with Crippen molar-refractivity contribution in [2.75, 3.05) is 11.1 Å². The van der Waals surface area contributed by atoms with E-state index in [4.69, 9.17) is 28.9 Å². The van der Waals surface area contributed by atoms with Gasteiger partial charge in [-0.2, -0.15) is 9.67 Å². The molecule has 5 nitrogen and oxygen atoms in total. The Labute approximate surface area is 115 Å². The Balaban J connectivity index is 2.41. The van der Waals surface area contributed by atoms with Crippen molar-refractivity contribution in [1.82, 2.24) is 14.8 Å². The molecule has 0 saturated carbocycles. The van der Waals surface area contributed by atoms with Crippen molar-refractivity contribution < 1.29 is 0 Å². The summed E-state index contributed by atoms with van der Waals surface area (Å²) in [5, 5.41) is 8.35. The van der Waals surface area contributed by atoms with Crippen molar-refractivity contribution in [1.29, 1.82) is 0 Å². The van der Waals surface area contributed by atoms with Crippen LogP contribution in [0.2, 0.25) is 10.0 Å². The molecule has 2 aromatic rings. The number of aromatic nitrogens is 3. The van der Waals surface area contributed by atoms with Crippen LogP contribution in [0.25, 0.3) is 5.69 Å². The zero-order chi connectivity index (χ0) is 13.3. The predicted molar refractivity (Wildman–Crippen MR) is 74.6 cm³/mol. The molecule has 7 heteroatoms. The highest BCUT2D eigenvalue weighted by Crippen LogP contribution is 2.25. The standard InChI is InChI=1S/C11H13Cl2N5/c1-6(2)15-11-16-10(14)18(17-11)9-4-3-7(12)5-8(9)13/h3-6H,1-2H3,(H3,14,15,16,17). The number of nitrogens with two attached hydrogens (primary N) is 1. The Morgan fingerprint density at radius 2 is 2.06 bits per heavy atom. The number of benzene rings is 1. The minimum absolute atomic E-state index is 0.223. The van der Waals surface area contributed by atoms with Gasteiger partial charge in [-0.25, -0.2) is 0 Å². The minimum Gasteiger partial charge on any atom is -0.368 e. The number of anilines is 2. The van der Waals surface area contributed by atoms with Crippen LogP contribution >= 0.6 is 23.2 Å². The molecule has 0 aliphatic carbocycles. The fourth-order valence-electron chi connectivity index (χ4n) is 1.47. The number of hydrogen-bond donors (Lipinski definition) is 2. The van der Waals surface area contributed by atoms with Gasteiger partial charge >= 0.3 is 0 Å². The summed E-state index contributed by atoms with van der Waals surface area (Å²) in [6.45, 7) is 3.98. The van der Waals surface area contributed by atoms with Crippen molar-refractivity contribution in [2.45, 2.75) is 19.9 Å². The Bertz CT molecular complexity index is 565. The average molecular weight is 286 g/mol. The summed E-state index contributed by atoms with van der Waals surface area (Å²) < 4.78 is 1.48. The molecule has 0 radical (unpaired) electrons. The lowest BCUT2D eigenvalue weighted by Gasteiger charge is -2.05. The quantitative estimate of drug-likeness (QED) is 0.910. The molecule has 0 aliphatic rings. The smallest absolute Gasteiger partial charge is 0.244 e. The van der Waals surface area contributed by atoms with Crippen molar-refractivity contribution in [3.05, 3.63) is 28.2 Å². The van der Waals surface area contributed by atoms with Gasteiger partial charge in [0.1, 0.15) is 0 Å². The molecule has 18 heavy (non-hydrogen) atoms. The lowest BCUT2D eigenvalue weighted by molar-refractivity contribution is 0.849. The van der Waals surface area contributed by atoms with Gasteiger partial charge in [-0.15, -0.1) is 5.10 Å². The first kappa shape index (κ1) is 13.0. The summed E-state index contributed by atoms with van der Waals surface area (Å²) in [6.07, 6.45) is 0. The molecule has 2 rings (SSSR count). The van der Waals surface area contributed by atoms with E-state index in [1.54, 1.807) is 18.2 Å². The van der Waals surface area contributed by atoms with Crippen molar-refractivity contribution in [2.24, 2.45) is 0 Å².